The second kappa shape index (κ2) is 7.84. The van der Waals surface area contributed by atoms with Crippen LogP contribution in [0.3, 0.4) is 0 Å². The summed E-state index contributed by atoms with van der Waals surface area (Å²) in [4.78, 5) is 34.2. The molecule has 1 heterocycles. The minimum atomic E-state index is -0.644. The van der Waals surface area contributed by atoms with Gasteiger partial charge in [-0.3, -0.25) is 20.3 Å². The summed E-state index contributed by atoms with van der Waals surface area (Å²) in [6, 6.07) is 6.29. The van der Waals surface area contributed by atoms with E-state index in [4.69, 9.17) is 0 Å². The molecule has 23 heavy (non-hydrogen) atoms. The van der Waals surface area contributed by atoms with Crippen LogP contribution in [-0.4, -0.2) is 29.6 Å². The van der Waals surface area contributed by atoms with Gasteiger partial charge in [0, 0.05) is 10.9 Å². The van der Waals surface area contributed by atoms with Crippen molar-refractivity contribution >= 4 is 39.5 Å². The number of nitrogens with zero attached hydrogens (tertiary/aromatic N) is 1. The average Bonchev–Trinajstić information content (AvgIpc) is 2.52. The van der Waals surface area contributed by atoms with Crippen LogP contribution < -0.4 is 21.6 Å². The summed E-state index contributed by atoms with van der Waals surface area (Å²) in [5.74, 6) is -0.774. The number of hydrogen-bond acceptors (Lipinski definition) is 5. The zero-order chi connectivity index (χ0) is 16.8. The Labute approximate surface area is 141 Å². The van der Waals surface area contributed by atoms with Crippen molar-refractivity contribution in [3.63, 3.8) is 0 Å². The fraction of sp³-hybridized carbons (Fsp3) is 0.286. The van der Waals surface area contributed by atoms with Crippen LogP contribution >= 0.6 is 15.9 Å². The summed E-state index contributed by atoms with van der Waals surface area (Å²) in [6.07, 6.45) is 0.336. The number of benzene rings is 1. The highest BCUT2D eigenvalue weighted by Crippen LogP contribution is 2.11. The number of hydrogen-bond donors (Lipinski definition) is 4. The standard InChI is InChI=1S/C14H16BrN5O3/c1-8(9-2-4-10(15)5-3-9)17-19-12(21)7-6-11-13(22)16-14(23)20-18-11/h2-5,11,18H,6-7H2,1H3,(H,19,21)(H2,16,20,22,23)/b17-8-. The molecule has 0 aliphatic carbocycles. The monoisotopic (exact) mass is 381 g/mol. The second-order valence-corrected chi connectivity index (χ2v) is 5.83. The third-order valence-corrected chi connectivity index (χ3v) is 3.71. The van der Waals surface area contributed by atoms with Gasteiger partial charge in [0.2, 0.25) is 11.8 Å². The summed E-state index contributed by atoms with van der Waals surface area (Å²) in [7, 11) is 0. The number of hydrazine groups is 1. The van der Waals surface area contributed by atoms with Gasteiger partial charge in [-0.05, 0) is 31.0 Å². The first-order valence-corrected chi connectivity index (χ1v) is 7.70. The van der Waals surface area contributed by atoms with Crippen LogP contribution in [0.1, 0.15) is 25.3 Å². The molecule has 0 bridgehead atoms. The maximum atomic E-state index is 11.8. The highest BCUT2D eigenvalue weighted by atomic mass is 79.9. The fourth-order valence-electron chi connectivity index (χ4n) is 1.88. The quantitative estimate of drug-likeness (QED) is 0.446. The molecule has 1 aromatic carbocycles. The van der Waals surface area contributed by atoms with Gasteiger partial charge in [-0.2, -0.15) is 5.10 Å². The largest absolute Gasteiger partial charge is 0.335 e. The Morgan fingerprint density at radius 3 is 2.65 bits per heavy atom. The van der Waals surface area contributed by atoms with Gasteiger partial charge < -0.3 is 0 Å². The zero-order valence-corrected chi connectivity index (χ0v) is 13.9. The molecule has 0 radical (unpaired) electrons. The molecule has 1 aliphatic heterocycles. The average molecular weight is 382 g/mol. The van der Waals surface area contributed by atoms with Crippen molar-refractivity contribution < 1.29 is 14.4 Å². The number of nitrogens with one attached hydrogen (secondary N) is 4. The number of carbonyl (C=O) groups is 3. The highest BCUT2D eigenvalue weighted by molar-refractivity contribution is 9.10. The summed E-state index contributed by atoms with van der Waals surface area (Å²) in [5, 5.41) is 6.14. The van der Waals surface area contributed by atoms with Crippen molar-refractivity contribution in [3.8, 4) is 0 Å². The number of hydrazone groups is 1. The maximum absolute atomic E-state index is 11.8. The predicted octanol–water partition coefficient (Wildman–Crippen LogP) is 0.782. The smallest absolute Gasteiger partial charge is 0.276 e. The number of carbonyl (C=O) groups excluding carboxylic acids is 3. The summed E-state index contributed by atoms with van der Waals surface area (Å²) in [6.45, 7) is 1.79. The highest BCUT2D eigenvalue weighted by Gasteiger charge is 2.25. The van der Waals surface area contributed by atoms with Crippen molar-refractivity contribution in [2.45, 2.75) is 25.8 Å². The maximum Gasteiger partial charge on any atom is 0.335 e. The van der Waals surface area contributed by atoms with E-state index in [9.17, 15) is 14.4 Å². The van der Waals surface area contributed by atoms with Crippen molar-refractivity contribution in [2.75, 3.05) is 0 Å². The number of urea groups is 1. The molecule has 8 nitrogen and oxygen atoms in total. The topological polar surface area (TPSA) is 112 Å². The molecule has 2 rings (SSSR count). The van der Waals surface area contributed by atoms with E-state index >= 15 is 0 Å². The Balaban J connectivity index is 1.80. The lowest BCUT2D eigenvalue weighted by Crippen LogP contribution is -2.62. The number of rotatable bonds is 5. The summed E-state index contributed by atoms with van der Waals surface area (Å²) < 4.78 is 0.962. The predicted molar refractivity (Wildman–Crippen MR) is 87.3 cm³/mol. The molecule has 1 atom stereocenters. The van der Waals surface area contributed by atoms with E-state index in [0.29, 0.717) is 5.71 Å². The van der Waals surface area contributed by atoms with Gasteiger partial charge in [0.25, 0.3) is 0 Å². The Kier molecular flexibility index (Phi) is 5.83. The lowest BCUT2D eigenvalue weighted by Gasteiger charge is -2.22. The normalized spacial score (nSPS) is 18.2. The Bertz CT molecular complexity index is 644. The number of halogens is 1. The first-order chi connectivity index (χ1) is 11.0. The Morgan fingerprint density at radius 2 is 2.00 bits per heavy atom. The fourth-order valence-corrected chi connectivity index (χ4v) is 2.15. The Morgan fingerprint density at radius 1 is 1.30 bits per heavy atom. The van der Waals surface area contributed by atoms with Gasteiger partial charge >= 0.3 is 6.03 Å². The second-order valence-electron chi connectivity index (χ2n) is 4.92. The zero-order valence-electron chi connectivity index (χ0n) is 12.4. The van der Waals surface area contributed by atoms with E-state index in [2.05, 4.69) is 42.6 Å². The molecule has 122 valence electrons. The van der Waals surface area contributed by atoms with Crippen LogP contribution in [0.4, 0.5) is 4.79 Å². The van der Waals surface area contributed by atoms with Crippen LogP contribution in [0.15, 0.2) is 33.8 Å². The van der Waals surface area contributed by atoms with Crippen molar-refractivity contribution in [3.05, 3.63) is 34.3 Å². The van der Waals surface area contributed by atoms with Gasteiger partial charge in [0.05, 0.1) is 5.71 Å². The molecule has 0 aromatic heterocycles. The Hall–Kier alpha value is -2.26. The van der Waals surface area contributed by atoms with Gasteiger partial charge in [0.15, 0.2) is 0 Å². The molecule has 1 unspecified atom stereocenters. The van der Waals surface area contributed by atoms with E-state index in [-0.39, 0.29) is 18.7 Å². The molecule has 1 aliphatic rings. The third kappa shape index (κ3) is 5.15. The number of imide groups is 1. The molecule has 0 spiro atoms. The third-order valence-electron chi connectivity index (χ3n) is 3.18. The van der Waals surface area contributed by atoms with E-state index in [1.165, 1.54) is 0 Å². The van der Waals surface area contributed by atoms with E-state index in [1.807, 2.05) is 24.3 Å². The minimum Gasteiger partial charge on any atom is -0.276 e. The van der Waals surface area contributed by atoms with Gasteiger partial charge in [-0.15, -0.1) is 0 Å². The van der Waals surface area contributed by atoms with Crippen LogP contribution in [-0.2, 0) is 9.59 Å². The van der Waals surface area contributed by atoms with Crippen LogP contribution in [0.25, 0.3) is 0 Å². The van der Waals surface area contributed by atoms with Crippen LogP contribution in [0.5, 0.6) is 0 Å². The van der Waals surface area contributed by atoms with E-state index in [0.717, 1.165) is 10.0 Å². The van der Waals surface area contributed by atoms with Crippen LogP contribution in [0, 0.1) is 0 Å². The first-order valence-electron chi connectivity index (χ1n) is 6.91. The molecule has 1 fully saturated rings. The summed E-state index contributed by atoms with van der Waals surface area (Å²) >= 11 is 3.35. The van der Waals surface area contributed by atoms with E-state index in [1.54, 1.807) is 6.92 Å². The molecular weight excluding hydrogens is 366 g/mol. The lowest BCUT2D eigenvalue weighted by atomic mass is 10.1. The molecule has 0 saturated carbocycles. The van der Waals surface area contributed by atoms with Crippen LogP contribution in [0.2, 0.25) is 0 Å². The molecule has 1 saturated heterocycles. The van der Waals surface area contributed by atoms with Crippen molar-refractivity contribution in [1.82, 2.24) is 21.6 Å². The van der Waals surface area contributed by atoms with Gasteiger partial charge in [-0.25, -0.2) is 15.6 Å². The molecule has 4 amide bonds. The lowest BCUT2D eigenvalue weighted by molar-refractivity contribution is -0.124. The van der Waals surface area contributed by atoms with Gasteiger partial charge in [-0.1, -0.05) is 28.1 Å². The first kappa shape index (κ1) is 17.1. The minimum absolute atomic E-state index is 0.0953. The molecule has 1 aromatic rings. The van der Waals surface area contributed by atoms with Crippen molar-refractivity contribution in [2.24, 2.45) is 5.10 Å². The molecular formula is C14H16BrN5O3. The molecule has 4 N–H and O–H groups in total. The van der Waals surface area contributed by atoms with Gasteiger partial charge in [0.1, 0.15) is 6.04 Å². The molecule has 9 heteroatoms. The summed E-state index contributed by atoms with van der Waals surface area (Å²) in [5.41, 5.74) is 8.83. The van der Waals surface area contributed by atoms with Crippen molar-refractivity contribution in [1.29, 1.82) is 0 Å². The number of amides is 4. The SMILES string of the molecule is C/C(=N/NC(=O)CCC1NNC(=O)NC1=O)c1ccc(Br)cc1. The van der Waals surface area contributed by atoms with E-state index < -0.39 is 18.0 Å².